The Morgan fingerprint density at radius 2 is 0.950 bits per heavy atom. The highest BCUT2D eigenvalue weighted by molar-refractivity contribution is 4.91. The topological polar surface area (TPSA) is 52.0 Å². The lowest BCUT2D eigenvalue weighted by Crippen LogP contribution is -2.40. The summed E-state index contributed by atoms with van der Waals surface area (Å²) < 4.78 is 0. The molecule has 2 nitrogen and oxygen atoms in total. The maximum atomic E-state index is 6.02. The molecule has 0 amide bonds. The van der Waals surface area contributed by atoms with Crippen molar-refractivity contribution in [1.82, 2.24) is 0 Å². The lowest BCUT2D eigenvalue weighted by atomic mass is 9.60. The van der Waals surface area contributed by atoms with Gasteiger partial charge in [0.1, 0.15) is 0 Å². The van der Waals surface area contributed by atoms with Crippen molar-refractivity contribution in [2.75, 3.05) is 0 Å². The van der Waals surface area contributed by atoms with Gasteiger partial charge in [0.2, 0.25) is 0 Å². The molecule has 0 saturated heterocycles. The van der Waals surface area contributed by atoms with Crippen LogP contribution in [0.5, 0.6) is 0 Å². The minimum atomic E-state index is 0.474. The molecule has 0 atom stereocenters. The lowest BCUT2D eigenvalue weighted by molar-refractivity contribution is 0.0523. The zero-order valence-corrected chi connectivity index (χ0v) is 14.3. The van der Waals surface area contributed by atoms with Crippen molar-refractivity contribution in [2.45, 2.75) is 97.6 Å². The predicted molar refractivity (Wildman–Crippen MR) is 89.6 cm³/mol. The van der Waals surface area contributed by atoms with Crippen molar-refractivity contribution in [3.8, 4) is 0 Å². The first-order chi connectivity index (χ1) is 9.41. The van der Waals surface area contributed by atoms with E-state index in [0.717, 1.165) is 11.8 Å². The van der Waals surface area contributed by atoms with Gasteiger partial charge in [-0.15, -0.1) is 0 Å². The summed E-state index contributed by atoms with van der Waals surface area (Å²) in [6, 6.07) is 0.948. The van der Waals surface area contributed by atoms with Gasteiger partial charge in [-0.25, -0.2) is 0 Å². The molecular weight excluding hydrogens is 244 g/mol. The fourth-order valence-electron chi connectivity index (χ4n) is 4.06. The minimum Gasteiger partial charge on any atom is -0.328 e. The van der Waals surface area contributed by atoms with Crippen LogP contribution in [-0.2, 0) is 0 Å². The van der Waals surface area contributed by atoms with Gasteiger partial charge in [0.25, 0.3) is 0 Å². The number of nitrogens with two attached hydrogens (primary N) is 2. The predicted octanol–water partition coefficient (Wildman–Crippen LogP) is 4.46. The molecule has 0 aromatic heterocycles. The molecule has 2 fully saturated rings. The molecule has 120 valence electrons. The van der Waals surface area contributed by atoms with Gasteiger partial charge >= 0.3 is 0 Å². The molecular formula is C18H38N2. The van der Waals surface area contributed by atoms with Crippen molar-refractivity contribution in [1.29, 1.82) is 0 Å². The number of rotatable bonds is 2. The molecule has 2 saturated carbocycles. The Kier molecular flexibility index (Phi) is 7.53. The Morgan fingerprint density at radius 1 is 0.700 bits per heavy atom. The summed E-state index contributed by atoms with van der Waals surface area (Å²) in [7, 11) is 0. The standard InChI is InChI=1S/C15H30N2.C3H8/c1-15(2,11-3-7-13(16)8-4-11)12-5-9-14(17)10-6-12;1-3-2/h11-14H,3-10,16-17H2,1-2H3;3H2,1-2H3. The first-order valence-electron chi connectivity index (χ1n) is 8.92. The monoisotopic (exact) mass is 282 g/mol. The van der Waals surface area contributed by atoms with Crippen LogP contribution in [0, 0.1) is 17.3 Å². The van der Waals surface area contributed by atoms with Gasteiger partial charge < -0.3 is 11.5 Å². The molecule has 0 unspecified atom stereocenters. The van der Waals surface area contributed by atoms with Gasteiger partial charge in [-0.2, -0.15) is 0 Å². The molecule has 0 aromatic carbocycles. The fourth-order valence-corrected chi connectivity index (χ4v) is 4.06. The molecule has 4 N–H and O–H groups in total. The largest absolute Gasteiger partial charge is 0.328 e. The van der Waals surface area contributed by atoms with E-state index in [0.29, 0.717) is 17.5 Å². The first-order valence-corrected chi connectivity index (χ1v) is 8.92. The average Bonchev–Trinajstić information content (AvgIpc) is 2.40. The molecule has 2 rings (SSSR count). The Labute approximate surface area is 127 Å². The van der Waals surface area contributed by atoms with E-state index < -0.39 is 0 Å². The van der Waals surface area contributed by atoms with E-state index in [1.54, 1.807) is 0 Å². The molecule has 0 spiro atoms. The van der Waals surface area contributed by atoms with E-state index >= 15 is 0 Å². The van der Waals surface area contributed by atoms with Crippen LogP contribution in [0.15, 0.2) is 0 Å². The quantitative estimate of drug-likeness (QED) is 0.785. The third kappa shape index (κ3) is 5.04. The molecule has 2 aliphatic rings. The zero-order chi connectivity index (χ0) is 15.2. The van der Waals surface area contributed by atoms with Gasteiger partial charge in [-0.05, 0) is 68.6 Å². The van der Waals surface area contributed by atoms with Crippen LogP contribution in [0.3, 0.4) is 0 Å². The van der Waals surface area contributed by atoms with E-state index in [9.17, 15) is 0 Å². The van der Waals surface area contributed by atoms with Crippen molar-refractivity contribution in [3.05, 3.63) is 0 Å². The Balaban J connectivity index is 0.000000612. The molecule has 0 aromatic rings. The number of hydrogen-bond acceptors (Lipinski definition) is 2. The van der Waals surface area contributed by atoms with Gasteiger partial charge in [0.05, 0.1) is 0 Å². The second kappa shape index (κ2) is 8.38. The summed E-state index contributed by atoms with van der Waals surface area (Å²) in [6.45, 7) is 9.24. The average molecular weight is 283 g/mol. The summed E-state index contributed by atoms with van der Waals surface area (Å²) in [4.78, 5) is 0. The first kappa shape index (κ1) is 18.0. The van der Waals surface area contributed by atoms with Crippen LogP contribution in [0.2, 0.25) is 0 Å². The van der Waals surface area contributed by atoms with Crippen molar-refractivity contribution >= 4 is 0 Å². The highest BCUT2D eigenvalue weighted by Gasteiger charge is 2.39. The van der Waals surface area contributed by atoms with Crippen molar-refractivity contribution in [3.63, 3.8) is 0 Å². The van der Waals surface area contributed by atoms with Gasteiger partial charge in [0, 0.05) is 12.1 Å². The summed E-state index contributed by atoms with van der Waals surface area (Å²) in [5.41, 5.74) is 12.5. The normalized spacial score (nSPS) is 35.1. The highest BCUT2D eigenvalue weighted by atomic mass is 14.7. The molecule has 0 heterocycles. The summed E-state index contributed by atoms with van der Waals surface area (Å²) in [5.74, 6) is 1.78. The maximum absolute atomic E-state index is 6.02. The summed E-state index contributed by atoms with van der Waals surface area (Å²) >= 11 is 0. The summed E-state index contributed by atoms with van der Waals surface area (Å²) in [6.07, 6.45) is 11.6. The van der Waals surface area contributed by atoms with Crippen LogP contribution in [0.4, 0.5) is 0 Å². The summed E-state index contributed by atoms with van der Waals surface area (Å²) in [5, 5.41) is 0. The second-order valence-corrected chi connectivity index (χ2v) is 7.75. The van der Waals surface area contributed by atoms with Gasteiger partial charge in [-0.3, -0.25) is 0 Å². The Morgan fingerprint density at radius 3 is 1.20 bits per heavy atom. The van der Waals surface area contributed by atoms with Crippen LogP contribution < -0.4 is 11.5 Å². The van der Waals surface area contributed by atoms with E-state index in [2.05, 4.69) is 27.7 Å². The Bertz CT molecular complexity index is 222. The highest BCUT2D eigenvalue weighted by Crippen LogP contribution is 2.47. The van der Waals surface area contributed by atoms with Crippen LogP contribution in [0.25, 0.3) is 0 Å². The van der Waals surface area contributed by atoms with E-state index in [4.69, 9.17) is 11.5 Å². The molecule has 0 radical (unpaired) electrons. The van der Waals surface area contributed by atoms with Crippen molar-refractivity contribution in [2.24, 2.45) is 28.7 Å². The van der Waals surface area contributed by atoms with E-state index in [-0.39, 0.29) is 0 Å². The van der Waals surface area contributed by atoms with Crippen LogP contribution >= 0.6 is 0 Å². The second-order valence-electron chi connectivity index (χ2n) is 7.75. The van der Waals surface area contributed by atoms with Crippen molar-refractivity contribution < 1.29 is 0 Å². The molecule has 2 aliphatic carbocycles. The minimum absolute atomic E-state index is 0.474. The van der Waals surface area contributed by atoms with Crippen LogP contribution in [0.1, 0.15) is 85.5 Å². The molecule has 0 aliphatic heterocycles. The van der Waals surface area contributed by atoms with E-state index in [1.165, 1.54) is 57.8 Å². The smallest absolute Gasteiger partial charge is 0.00390 e. The molecule has 2 heteroatoms. The number of hydrogen-bond donors (Lipinski definition) is 2. The van der Waals surface area contributed by atoms with Crippen LogP contribution in [-0.4, -0.2) is 12.1 Å². The lowest BCUT2D eigenvalue weighted by Gasteiger charge is -2.46. The zero-order valence-electron chi connectivity index (χ0n) is 14.3. The fraction of sp³-hybridized carbons (Fsp3) is 1.00. The van der Waals surface area contributed by atoms with Gasteiger partial charge in [0.15, 0.2) is 0 Å². The SMILES string of the molecule is CC(C)(C1CCC(N)CC1)C1CCC(N)CC1.CCC. The molecule has 0 bridgehead atoms. The van der Waals surface area contributed by atoms with Gasteiger partial charge in [-0.1, -0.05) is 34.1 Å². The Hall–Kier alpha value is -0.0800. The molecule has 20 heavy (non-hydrogen) atoms. The third-order valence-electron chi connectivity index (χ3n) is 5.65. The van der Waals surface area contributed by atoms with E-state index in [1.807, 2.05) is 0 Å². The third-order valence-corrected chi connectivity index (χ3v) is 5.65. The maximum Gasteiger partial charge on any atom is 0.00390 e.